The number of rotatable bonds is 3. The van der Waals surface area contributed by atoms with Crippen molar-refractivity contribution < 1.29 is 29.0 Å². The van der Waals surface area contributed by atoms with Crippen LogP contribution >= 0.6 is 70.4 Å². The van der Waals surface area contributed by atoms with E-state index in [0.29, 0.717) is 37.8 Å². The Morgan fingerprint density at radius 2 is 1.70 bits per heavy atom. The van der Waals surface area contributed by atoms with Crippen LogP contribution in [0.5, 0.6) is 11.5 Å². The average Bonchev–Trinajstić information content (AvgIpc) is 3.20. The van der Waals surface area contributed by atoms with E-state index in [4.69, 9.17) is 4.74 Å². The molecule has 4 unspecified atom stereocenters. The molecule has 0 radical (unpaired) electrons. The number of benzene rings is 2. The Kier molecular flexibility index (Phi) is 7.24. The highest BCUT2D eigenvalue weighted by Gasteiger charge is 2.57. The summed E-state index contributed by atoms with van der Waals surface area (Å²) < 4.78 is 7.38. The van der Waals surface area contributed by atoms with E-state index < -0.39 is 23.7 Å². The summed E-state index contributed by atoms with van der Waals surface area (Å²) in [4.78, 5) is 55.8. The first kappa shape index (κ1) is 28.0. The lowest BCUT2D eigenvalue weighted by Crippen LogP contribution is -2.39. The van der Waals surface area contributed by atoms with Crippen LogP contribution in [0.15, 0.2) is 72.6 Å². The lowest BCUT2D eigenvalue weighted by molar-refractivity contribution is -0.123. The van der Waals surface area contributed by atoms with Gasteiger partial charge in [-0.25, -0.2) is 0 Å². The smallest absolute Gasteiger partial charge is 0.238 e. The van der Waals surface area contributed by atoms with Crippen LogP contribution in [0.25, 0.3) is 0 Å². The maximum atomic E-state index is 14.0. The maximum absolute atomic E-state index is 14.0. The molecule has 0 bridgehead atoms. The number of halogens is 4. The predicted octanol–water partition coefficient (Wildman–Crippen LogP) is 6.50. The van der Waals surface area contributed by atoms with Crippen LogP contribution in [-0.4, -0.2) is 35.6 Å². The lowest BCUT2D eigenvalue weighted by atomic mass is 9.59. The number of imide groups is 1. The molecule has 0 spiro atoms. The van der Waals surface area contributed by atoms with Crippen molar-refractivity contribution in [2.75, 3.05) is 12.0 Å². The SMILES string of the molecule is COc1cc(C2C3=CCC4C(=O)N(c5ccc(I)cc5)C(=O)C4C3CC3=C2C(=O)C=C(Br)C3=O)c(Br)c(Br)c1O. The minimum absolute atomic E-state index is 0.115. The third kappa shape index (κ3) is 4.13. The zero-order valence-corrected chi connectivity index (χ0v) is 27.6. The Balaban J connectivity index is 1.53. The summed E-state index contributed by atoms with van der Waals surface area (Å²) in [7, 11) is 1.43. The van der Waals surface area contributed by atoms with Crippen molar-refractivity contribution in [2.24, 2.45) is 17.8 Å². The van der Waals surface area contributed by atoms with Crippen molar-refractivity contribution in [1.29, 1.82) is 0 Å². The second-order valence-electron chi connectivity index (χ2n) is 10.0. The van der Waals surface area contributed by atoms with E-state index in [0.717, 1.165) is 9.14 Å². The molecule has 7 nitrogen and oxygen atoms in total. The molecule has 1 aliphatic heterocycles. The summed E-state index contributed by atoms with van der Waals surface area (Å²) in [5.74, 6) is -3.54. The molecule has 0 saturated carbocycles. The topological polar surface area (TPSA) is 101 Å². The summed E-state index contributed by atoms with van der Waals surface area (Å²) in [5, 5.41) is 10.6. The fraction of sp³-hybridized carbons (Fsp3) is 0.241. The number of anilines is 1. The molecular formula is C29H19Br3INO6. The third-order valence-electron chi connectivity index (χ3n) is 8.12. The molecule has 1 heterocycles. The van der Waals surface area contributed by atoms with E-state index in [1.54, 1.807) is 18.2 Å². The van der Waals surface area contributed by atoms with Crippen LogP contribution in [0, 0.1) is 21.3 Å². The van der Waals surface area contributed by atoms with Gasteiger partial charge in [-0.1, -0.05) is 11.6 Å². The number of methoxy groups -OCH3 is 1. The van der Waals surface area contributed by atoms with E-state index in [1.165, 1.54) is 18.1 Å². The molecule has 2 aromatic carbocycles. The van der Waals surface area contributed by atoms with Crippen molar-refractivity contribution in [3.05, 3.63) is 81.8 Å². The molecule has 3 aliphatic carbocycles. The second-order valence-corrected chi connectivity index (χ2v) is 13.7. The fourth-order valence-corrected chi connectivity index (χ4v) is 8.15. The number of fused-ring (bicyclic) bond motifs is 3. The Hall–Kier alpha value is -2.09. The van der Waals surface area contributed by atoms with E-state index in [2.05, 4.69) is 70.4 Å². The minimum Gasteiger partial charge on any atom is -0.503 e. The largest absolute Gasteiger partial charge is 0.503 e. The van der Waals surface area contributed by atoms with Gasteiger partial charge in [-0.05, 0) is 125 Å². The maximum Gasteiger partial charge on any atom is 0.238 e. The van der Waals surface area contributed by atoms with Crippen LogP contribution < -0.4 is 9.64 Å². The third-order valence-corrected chi connectivity index (χ3v) is 11.6. The number of carbonyl (C=O) groups is 4. The van der Waals surface area contributed by atoms with E-state index in [-0.39, 0.29) is 45.8 Å². The van der Waals surface area contributed by atoms with Gasteiger partial charge >= 0.3 is 0 Å². The van der Waals surface area contributed by atoms with Gasteiger partial charge < -0.3 is 9.84 Å². The Labute approximate surface area is 268 Å². The molecule has 4 atom stereocenters. The van der Waals surface area contributed by atoms with E-state index in [1.807, 2.05) is 18.2 Å². The van der Waals surface area contributed by atoms with Crippen molar-refractivity contribution in [3.8, 4) is 11.5 Å². The van der Waals surface area contributed by atoms with Gasteiger partial charge in [0.2, 0.25) is 11.8 Å². The zero-order valence-electron chi connectivity index (χ0n) is 20.7. The van der Waals surface area contributed by atoms with Crippen LogP contribution in [0.2, 0.25) is 0 Å². The van der Waals surface area contributed by atoms with Crippen LogP contribution in [0.3, 0.4) is 0 Å². The summed E-state index contributed by atoms with van der Waals surface area (Å²) in [6, 6.07) is 8.85. The first-order valence-corrected chi connectivity index (χ1v) is 15.8. The summed E-state index contributed by atoms with van der Waals surface area (Å²) >= 11 is 12.4. The van der Waals surface area contributed by atoms with Gasteiger partial charge in [0.15, 0.2) is 23.1 Å². The molecular weight excluding hydrogens is 825 g/mol. The van der Waals surface area contributed by atoms with E-state index in [9.17, 15) is 24.3 Å². The van der Waals surface area contributed by atoms with Gasteiger partial charge in [-0.3, -0.25) is 24.1 Å². The number of amides is 2. The van der Waals surface area contributed by atoms with Crippen LogP contribution in [0.4, 0.5) is 5.69 Å². The van der Waals surface area contributed by atoms with Gasteiger partial charge in [0.25, 0.3) is 0 Å². The summed E-state index contributed by atoms with van der Waals surface area (Å²) in [5.41, 5.74) is 2.58. The molecule has 1 saturated heterocycles. The predicted molar refractivity (Wildman–Crippen MR) is 166 cm³/mol. The molecule has 204 valence electrons. The standard InChI is InChI=1S/C29H19Br3INO6/c1-40-20-9-16(24(31)25(32)27(20)37)21-13-6-7-14-22(15(13)8-17-23(21)19(35)10-18(30)26(17)36)29(39)34(28(14)38)12-4-2-11(33)3-5-12/h2-6,9-10,14-15,21-22,37H,7-8H2,1H3. The summed E-state index contributed by atoms with van der Waals surface area (Å²) in [6.45, 7) is 0. The first-order valence-electron chi connectivity index (χ1n) is 12.3. The number of Topliss-reactive ketones (excluding diaryl/α,β-unsaturated/α-hetero) is 1. The van der Waals surface area contributed by atoms with Gasteiger partial charge in [-0.2, -0.15) is 0 Å². The number of nitrogens with zero attached hydrogens (tertiary/aromatic N) is 1. The quantitative estimate of drug-likeness (QED) is 0.164. The van der Waals surface area contributed by atoms with Gasteiger partial charge in [-0.15, -0.1) is 0 Å². The summed E-state index contributed by atoms with van der Waals surface area (Å²) in [6.07, 6.45) is 3.73. The van der Waals surface area contributed by atoms with Crippen molar-refractivity contribution in [1.82, 2.24) is 0 Å². The number of allylic oxidation sites excluding steroid dienone is 6. The number of hydrogen-bond acceptors (Lipinski definition) is 6. The Morgan fingerprint density at radius 1 is 1.00 bits per heavy atom. The van der Waals surface area contributed by atoms with Gasteiger partial charge in [0.05, 0.1) is 33.6 Å². The lowest BCUT2D eigenvalue weighted by Gasteiger charge is -2.42. The second kappa shape index (κ2) is 10.3. The van der Waals surface area contributed by atoms with Crippen molar-refractivity contribution >= 4 is 99.4 Å². The number of hydrogen-bond donors (Lipinski definition) is 1. The zero-order chi connectivity index (χ0) is 28.6. The number of carbonyl (C=O) groups excluding carboxylic acids is 4. The van der Waals surface area contributed by atoms with Gasteiger partial charge in [0, 0.05) is 31.2 Å². The molecule has 6 rings (SSSR count). The molecule has 4 aliphatic rings. The van der Waals surface area contributed by atoms with Crippen molar-refractivity contribution in [2.45, 2.75) is 18.8 Å². The normalized spacial score (nSPS) is 25.9. The van der Waals surface area contributed by atoms with Crippen LogP contribution in [0.1, 0.15) is 24.3 Å². The number of ketones is 2. The van der Waals surface area contributed by atoms with Crippen LogP contribution in [-0.2, 0) is 19.2 Å². The molecule has 2 aromatic rings. The molecule has 1 N–H and O–H groups in total. The molecule has 1 fully saturated rings. The number of ether oxygens (including phenoxy) is 1. The number of phenols is 1. The highest BCUT2D eigenvalue weighted by molar-refractivity contribution is 14.1. The van der Waals surface area contributed by atoms with Gasteiger partial charge in [0.1, 0.15) is 0 Å². The monoisotopic (exact) mass is 841 g/mol. The number of aromatic hydroxyl groups is 1. The number of phenolic OH excluding ortho intramolecular Hbond substituents is 1. The minimum atomic E-state index is -0.696. The first-order chi connectivity index (χ1) is 19.0. The van der Waals surface area contributed by atoms with Crippen molar-refractivity contribution in [3.63, 3.8) is 0 Å². The highest BCUT2D eigenvalue weighted by atomic mass is 127. The molecule has 40 heavy (non-hydrogen) atoms. The van der Waals surface area contributed by atoms with E-state index >= 15 is 0 Å². The fourth-order valence-electron chi connectivity index (χ4n) is 6.38. The highest BCUT2D eigenvalue weighted by Crippen LogP contribution is 2.58. The Morgan fingerprint density at radius 3 is 2.38 bits per heavy atom. The molecule has 2 amide bonds. The molecule has 11 heteroatoms. The Bertz CT molecular complexity index is 1640. The average molecular weight is 844 g/mol. The molecule has 0 aromatic heterocycles.